The minimum Gasteiger partial charge on any atom is -0.372 e. The molecular weight excluding hydrogens is 418 g/mol. The molecule has 2 heterocycles. The number of fused-ring (bicyclic) bond motifs is 1. The van der Waals surface area contributed by atoms with Gasteiger partial charge in [0.05, 0.1) is 6.04 Å². The Balaban J connectivity index is 1.30. The van der Waals surface area contributed by atoms with Crippen LogP contribution in [-0.2, 0) is 6.54 Å². The van der Waals surface area contributed by atoms with E-state index in [1.807, 2.05) is 6.07 Å². The summed E-state index contributed by atoms with van der Waals surface area (Å²) in [4.78, 5) is 20.3. The maximum atomic E-state index is 13.3. The number of anilines is 1. The number of hydrogen-bond donors (Lipinski definition) is 0. The van der Waals surface area contributed by atoms with E-state index >= 15 is 0 Å². The number of carbonyl (C=O) groups excluding carboxylic acids is 1. The van der Waals surface area contributed by atoms with E-state index in [1.54, 1.807) is 0 Å². The monoisotopic (exact) mass is 453 g/mol. The van der Waals surface area contributed by atoms with Crippen LogP contribution in [0.4, 0.5) is 5.69 Å². The van der Waals surface area contributed by atoms with Gasteiger partial charge in [-0.2, -0.15) is 0 Å². The Morgan fingerprint density at radius 1 is 0.853 bits per heavy atom. The van der Waals surface area contributed by atoms with Crippen molar-refractivity contribution in [3.8, 4) is 0 Å². The molecule has 0 spiro atoms. The number of hydrogen-bond acceptors (Lipinski definition) is 3. The first kappa shape index (κ1) is 22.7. The predicted molar refractivity (Wildman–Crippen MR) is 139 cm³/mol. The number of amides is 1. The van der Waals surface area contributed by atoms with Gasteiger partial charge in [0.15, 0.2) is 0 Å². The first-order valence-electron chi connectivity index (χ1n) is 12.7. The molecule has 0 unspecified atom stereocenters. The topological polar surface area (TPSA) is 26.8 Å². The highest BCUT2D eigenvalue weighted by molar-refractivity contribution is 5.99. The zero-order valence-electron chi connectivity index (χ0n) is 20.4. The molecule has 3 aromatic rings. The molecule has 0 aliphatic carbocycles. The van der Waals surface area contributed by atoms with Crippen LogP contribution in [0.1, 0.15) is 59.8 Å². The highest BCUT2D eigenvalue weighted by atomic mass is 16.2. The standard InChI is InChI=1S/C30H35N3O/c1-3-31(4-2)27-15-16-28-25(21-27)22-33(30(28)34)26-17-19-32(20-18-26)29(23-11-7-5-8-12-23)24-13-9-6-10-14-24/h5-16,21,26,29H,3-4,17-20,22H2,1-2H3. The summed E-state index contributed by atoms with van der Waals surface area (Å²) in [5.74, 6) is 0.210. The Bertz CT molecular complexity index is 1060. The Hall–Kier alpha value is -3.11. The van der Waals surface area contributed by atoms with Crippen molar-refractivity contribution in [3.05, 3.63) is 101 Å². The van der Waals surface area contributed by atoms with Gasteiger partial charge in [-0.3, -0.25) is 9.69 Å². The first-order valence-corrected chi connectivity index (χ1v) is 12.7. The van der Waals surface area contributed by atoms with Crippen molar-refractivity contribution in [1.82, 2.24) is 9.80 Å². The smallest absolute Gasteiger partial charge is 0.254 e. The number of benzene rings is 3. The Labute approximate surface area is 203 Å². The zero-order valence-corrected chi connectivity index (χ0v) is 20.4. The summed E-state index contributed by atoms with van der Waals surface area (Å²) < 4.78 is 0. The lowest BCUT2D eigenvalue weighted by atomic mass is 9.93. The quantitative estimate of drug-likeness (QED) is 0.456. The van der Waals surface area contributed by atoms with Gasteiger partial charge in [0.25, 0.3) is 5.91 Å². The molecule has 4 heteroatoms. The third-order valence-electron chi connectivity index (χ3n) is 7.58. The van der Waals surface area contributed by atoms with Crippen LogP contribution in [0.5, 0.6) is 0 Å². The number of nitrogens with zero attached hydrogens (tertiary/aromatic N) is 3. The largest absolute Gasteiger partial charge is 0.372 e. The lowest BCUT2D eigenvalue weighted by molar-refractivity contribution is 0.0566. The Morgan fingerprint density at radius 2 is 1.44 bits per heavy atom. The van der Waals surface area contributed by atoms with Crippen LogP contribution in [0.2, 0.25) is 0 Å². The number of likely N-dealkylation sites (tertiary alicyclic amines) is 1. The van der Waals surface area contributed by atoms with Gasteiger partial charge in [-0.05, 0) is 61.6 Å². The number of carbonyl (C=O) groups is 1. The predicted octanol–water partition coefficient (Wildman–Crippen LogP) is 5.74. The van der Waals surface area contributed by atoms with Gasteiger partial charge >= 0.3 is 0 Å². The van der Waals surface area contributed by atoms with Crippen molar-refractivity contribution in [2.45, 2.75) is 45.3 Å². The van der Waals surface area contributed by atoms with Gasteiger partial charge in [-0.25, -0.2) is 0 Å². The molecule has 3 aromatic carbocycles. The second-order valence-corrected chi connectivity index (χ2v) is 9.44. The van der Waals surface area contributed by atoms with Crippen LogP contribution in [0.3, 0.4) is 0 Å². The minimum absolute atomic E-state index is 0.210. The molecule has 2 aliphatic heterocycles. The SMILES string of the molecule is CCN(CC)c1ccc2c(c1)CN(C1CCN(C(c3ccccc3)c3ccccc3)CC1)C2=O. The summed E-state index contributed by atoms with van der Waals surface area (Å²) in [6, 6.07) is 28.6. The van der Waals surface area contributed by atoms with Crippen molar-refractivity contribution in [1.29, 1.82) is 0 Å². The second-order valence-electron chi connectivity index (χ2n) is 9.44. The molecule has 34 heavy (non-hydrogen) atoms. The summed E-state index contributed by atoms with van der Waals surface area (Å²) >= 11 is 0. The second kappa shape index (κ2) is 10.0. The van der Waals surface area contributed by atoms with E-state index < -0.39 is 0 Å². The molecule has 1 amide bonds. The van der Waals surface area contributed by atoms with Gasteiger partial charge in [-0.1, -0.05) is 60.7 Å². The van der Waals surface area contributed by atoms with E-state index in [-0.39, 0.29) is 11.9 Å². The van der Waals surface area contributed by atoms with Crippen molar-refractivity contribution in [2.75, 3.05) is 31.1 Å². The Kier molecular flexibility index (Phi) is 6.68. The third kappa shape index (κ3) is 4.35. The van der Waals surface area contributed by atoms with Crippen molar-refractivity contribution in [3.63, 3.8) is 0 Å². The maximum absolute atomic E-state index is 13.3. The maximum Gasteiger partial charge on any atom is 0.254 e. The van der Waals surface area contributed by atoms with Crippen LogP contribution in [0.25, 0.3) is 0 Å². The molecule has 5 rings (SSSR count). The van der Waals surface area contributed by atoms with Crippen LogP contribution in [0.15, 0.2) is 78.9 Å². The third-order valence-corrected chi connectivity index (χ3v) is 7.58. The summed E-state index contributed by atoms with van der Waals surface area (Å²) in [5.41, 5.74) is 5.97. The lowest BCUT2D eigenvalue weighted by Crippen LogP contribution is -2.46. The minimum atomic E-state index is 0.210. The first-order chi connectivity index (χ1) is 16.7. The average Bonchev–Trinajstić information content (AvgIpc) is 3.22. The van der Waals surface area contributed by atoms with Crippen LogP contribution in [-0.4, -0.2) is 47.9 Å². The normalized spacial score (nSPS) is 16.8. The van der Waals surface area contributed by atoms with E-state index in [2.05, 4.69) is 101 Å². The number of rotatable bonds is 7. The fraction of sp³-hybridized carbons (Fsp3) is 0.367. The summed E-state index contributed by atoms with van der Waals surface area (Å²) in [6.07, 6.45) is 2.03. The van der Waals surface area contributed by atoms with Crippen molar-refractivity contribution in [2.24, 2.45) is 0 Å². The molecule has 0 bridgehead atoms. The van der Waals surface area contributed by atoms with E-state index in [9.17, 15) is 4.79 Å². The summed E-state index contributed by atoms with van der Waals surface area (Å²) in [5, 5.41) is 0. The van der Waals surface area contributed by atoms with E-state index in [4.69, 9.17) is 0 Å². The molecular formula is C30H35N3O. The fourth-order valence-electron chi connectivity index (χ4n) is 5.75. The molecule has 0 aromatic heterocycles. The van der Waals surface area contributed by atoms with Crippen LogP contribution >= 0.6 is 0 Å². The van der Waals surface area contributed by atoms with Crippen molar-refractivity contribution >= 4 is 11.6 Å². The van der Waals surface area contributed by atoms with Crippen LogP contribution in [0, 0.1) is 0 Å². The molecule has 0 atom stereocenters. The molecule has 0 radical (unpaired) electrons. The molecule has 4 nitrogen and oxygen atoms in total. The fourth-order valence-corrected chi connectivity index (χ4v) is 5.75. The van der Waals surface area contributed by atoms with E-state index in [1.165, 1.54) is 22.4 Å². The molecule has 0 saturated carbocycles. The van der Waals surface area contributed by atoms with Gasteiger partial charge in [-0.15, -0.1) is 0 Å². The lowest BCUT2D eigenvalue weighted by Gasteiger charge is -2.40. The molecule has 1 saturated heterocycles. The number of piperidine rings is 1. The molecule has 176 valence electrons. The molecule has 1 fully saturated rings. The molecule has 2 aliphatic rings. The van der Waals surface area contributed by atoms with Crippen LogP contribution < -0.4 is 4.90 Å². The van der Waals surface area contributed by atoms with E-state index in [0.29, 0.717) is 6.04 Å². The zero-order chi connectivity index (χ0) is 23.5. The van der Waals surface area contributed by atoms with Gasteiger partial charge in [0.2, 0.25) is 0 Å². The highest BCUT2D eigenvalue weighted by Gasteiger charge is 2.36. The Morgan fingerprint density at radius 3 is 2.00 bits per heavy atom. The summed E-state index contributed by atoms with van der Waals surface area (Å²) in [6.45, 7) is 9.05. The van der Waals surface area contributed by atoms with Gasteiger partial charge in [0, 0.05) is 50.0 Å². The molecule has 0 N–H and O–H groups in total. The highest BCUT2D eigenvalue weighted by Crippen LogP contribution is 2.35. The summed E-state index contributed by atoms with van der Waals surface area (Å²) in [7, 11) is 0. The van der Waals surface area contributed by atoms with Gasteiger partial charge in [0.1, 0.15) is 0 Å². The van der Waals surface area contributed by atoms with Crippen molar-refractivity contribution < 1.29 is 4.79 Å². The van der Waals surface area contributed by atoms with E-state index in [0.717, 1.165) is 51.1 Å². The van der Waals surface area contributed by atoms with Gasteiger partial charge < -0.3 is 9.80 Å². The average molecular weight is 454 g/mol.